The van der Waals surface area contributed by atoms with Crippen molar-refractivity contribution in [1.82, 2.24) is 58.6 Å². The number of rotatable bonds is 20. The fourth-order valence-electron chi connectivity index (χ4n) is 9.19. The summed E-state index contributed by atoms with van der Waals surface area (Å²) in [5.74, 6) is 0.0672. The molecular weight excluding hydrogens is 1070 g/mol. The molecule has 38 heteroatoms. The third-order valence-electron chi connectivity index (χ3n) is 12.5. The summed E-state index contributed by atoms with van der Waals surface area (Å²) in [7, 11) is -8.77. The second-order valence-corrected chi connectivity index (χ2v) is 22.6. The highest BCUT2D eigenvalue weighted by atomic mass is 32.5. The number of fused-ring (bicyclic) bond motifs is 4. The van der Waals surface area contributed by atoms with Crippen LogP contribution in [-0.2, 0) is 71.8 Å². The van der Waals surface area contributed by atoms with Gasteiger partial charge < -0.3 is 75.4 Å². The molecule has 0 bridgehead atoms. The van der Waals surface area contributed by atoms with Gasteiger partial charge in [0.25, 0.3) is 0 Å². The van der Waals surface area contributed by atoms with Crippen molar-refractivity contribution >= 4 is 85.1 Å². The molecule has 4 fully saturated rings. The van der Waals surface area contributed by atoms with Crippen molar-refractivity contribution in [2.24, 2.45) is 0 Å². The largest absolute Gasteiger partial charge is 0.472 e. The molecule has 0 saturated carbocycles. The van der Waals surface area contributed by atoms with Crippen LogP contribution in [0.1, 0.15) is 31.5 Å². The van der Waals surface area contributed by atoms with E-state index < -0.39 is 129 Å². The zero-order chi connectivity index (χ0) is 52.3. The first-order valence-corrected chi connectivity index (χ1v) is 27.7. The van der Waals surface area contributed by atoms with Gasteiger partial charge in [0, 0.05) is 13.7 Å². The van der Waals surface area contributed by atoms with E-state index in [1.165, 1.54) is 46.1 Å². The second kappa shape index (κ2) is 20.8. The number of aliphatic hydroxyl groups is 3. The lowest BCUT2D eigenvalue weighted by Gasteiger charge is -2.38. The molecule has 6 unspecified atom stereocenters. The van der Waals surface area contributed by atoms with Crippen LogP contribution < -0.4 is 17.2 Å². The number of ether oxygens (including phenoxy) is 5. The van der Waals surface area contributed by atoms with Crippen LogP contribution >= 0.6 is 22.4 Å². The Balaban J connectivity index is 0.880. The Morgan fingerprint density at radius 2 is 1.23 bits per heavy atom. The number of methoxy groups -OCH3 is 1. The number of phosphoric acid groups is 2. The van der Waals surface area contributed by atoms with Gasteiger partial charge in [-0.1, -0.05) is 0 Å². The van der Waals surface area contributed by atoms with Crippen molar-refractivity contribution in [3.63, 3.8) is 0 Å². The Hall–Kier alpha value is -4.52. The maximum atomic E-state index is 14.1. The Morgan fingerprint density at radius 1 is 0.689 bits per heavy atom. The van der Waals surface area contributed by atoms with E-state index in [9.17, 15) is 34.0 Å². The summed E-state index contributed by atoms with van der Waals surface area (Å²) in [6.07, 6.45) is -7.66. The third-order valence-corrected chi connectivity index (χ3v) is 16.0. The highest BCUT2D eigenvalue weighted by Gasteiger charge is 2.59. The van der Waals surface area contributed by atoms with E-state index in [0.717, 1.165) is 12.7 Å². The number of nitrogen functional groups attached to an aromatic ring is 3. The number of aromatic nitrogens is 12. The standard InChI is InChI=1S/C36H48N15O19P3S/c1-60-23-17(8-63-71(55,56)62-6-4-52)67-35(51-15-48-20-29(39)42-12-45-32(20)51)25(23)70-73(59,74)64-7-16-21(53)24(34(66-16)50-14-47-19-28(38)41-11-44-31(19)50)69-72(57,58)65-9-36-3-2-5-61-26(36)22(54)33(68-36)49-13-46-18-27(37)40-10-43-30(18)49/h10-17,21-26,33-35,52-54H,2-9H2,1H3,(H,55,56)(H,57,58)(H,59,74)(H2,37,40,43)(H2,38,41,44)(H2,39,42,45)/t16-,17-,21?,22+,23?,24+,25+,26?,33-,34-,35-,36-,73?/m1/s1. The van der Waals surface area contributed by atoms with Crippen LogP contribution in [0.2, 0.25) is 0 Å². The van der Waals surface area contributed by atoms with Gasteiger partial charge in [-0.3, -0.25) is 36.3 Å². The highest BCUT2D eigenvalue weighted by Crippen LogP contribution is 2.55. The molecule has 0 amide bonds. The van der Waals surface area contributed by atoms with Crippen LogP contribution in [0.3, 0.4) is 0 Å². The van der Waals surface area contributed by atoms with Gasteiger partial charge in [0.15, 0.2) is 53.1 Å². The monoisotopic (exact) mass is 1120 g/mol. The number of hydrogen-bond acceptors (Lipinski definition) is 29. The van der Waals surface area contributed by atoms with Crippen molar-refractivity contribution in [2.45, 2.75) is 86.0 Å². The van der Waals surface area contributed by atoms with Crippen molar-refractivity contribution in [1.29, 1.82) is 0 Å². The quantitative estimate of drug-likeness (QED) is 0.0392. The topological polar surface area (TPSA) is 466 Å². The summed E-state index contributed by atoms with van der Waals surface area (Å²) in [6, 6.07) is 0. The summed E-state index contributed by atoms with van der Waals surface area (Å²) < 4.78 is 94.2. The van der Waals surface area contributed by atoms with Gasteiger partial charge in [0.05, 0.1) is 52.0 Å². The van der Waals surface area contributed by atoms with Gasteiger partial charge >= 0.3 is 22.4 Å². The molecule has 10 rings (SSSR count). The van der Waals surface area contributed by atoms with E-state index in [1.807, 2.05) is 0 Å². The van der Waals surface area contributed by atoms with E-state index in [-0.39, 0.29) is 64.0 Å². The Morgan fingerprint density at radius 3 is 1.80 bits per heavy atom. The molecule has 4 aliphatic rings. The average Bonchev–Trinajstić information content (AvgIpc) is 4.24. The lowest BCUT2D eigenvalue weighted by molar-refractivity contribution is -0.165. The Bertz CT molecular complexity index is 3160. The van der Waals surface area contributed by atoms with Gasteiger partial charge in [-0.25, -0.2) is 54.0 Å². The first kappa shape index (κ1) is 52.9. The van der Waals surface area contributed by atoms with Gasteiger partial charge in [-0.15, -0.1) is 0 Å². The fraction of sp³-hybridized carbons (Fsp3) is 0.583. The first-order chi connectivity index (χ1) is 35.3. The van der Waals surface area contributed by atoms with Crippen LogP contribution in [0, 0.1) is 0 Å². The molecule has 34 nitrogen and oxygen atoms in total. The molecule has 0 aliphatic carbocycles. The molecule has 6 aromatic heterocycles. The van der Waals surface area contributed by atoms with E-state index >= 15 is 0 Å². The third kappa shape index (κ3) is 10.1. The zero-order valence-corrected chi connectivity index (χ0v) is 41.8. The number of hydrogen-bond donors (Lipinski definition) is 9. The molecular formula is C36H48N15O19P3S. The van der Waals surface area contributed by atoms with E-state index in [4.69, 9.17) is 84.9 Å². The lowest BCUT2D eigenvalue weighted by Crippen LogP contribution is -2.51. The predicted octanol–water partition coefficient (Wildman–Crippen LogP) is -1.52. The molecule has 6 aromatic rings. The Kier molecular flexibility index (Phi) is 14.9. The van der Waals surface area contributed by atoms with Gasteiger partial charge in [0.1, 0.15) is 90.0 Å². The smallest absolute Gasteiger partial charge is 0.394 e. The maximum Gasteiger partial charge on any atom is 0.472 e. The predicted molar refractivity (Wildman–Crippen MR) is 248 cm³/mol. The summed E-state index contributed by atoms with van der Waals surface area (Å²) in [5, 5.41) is 32.5. The average molecular weight is 1120 g/mol. The SMILES string of the molecule is COC1[C@@H](COP(=O)(O)OCCO)O[C@@H](n2cnc3c(N)ncnc32)[C@H]1OP(O)(=S)OC[C@H]1O[C@@H](n2cnc3c(N)ncnc32)[C@@H](OP(=O)(O)OC[C@]23CCCOC2[C@H](O)[C@H](n2cnc4c(N)ncnc42)O3)C1O. The minimum atomic E-state index is -5.29. The van der Waals surface area contributed by atoms with Crippen molar-refractivity contribution < 1.29 is 90.0 Å². The molecule has 0 radical (unpaired) electrons. The van der Waals surface area contributed by atoms with E-state index in [0.29, 0.717) is 6.42 Å². The molecule has 4 saturated heterocycles. The molecule has 10 heterocycles. The normalized spacial score (nSPS) is 31.7. The van der Waals surface area contributed by atoms with Crippen LogP contribution in [-0.4, -0.2) is 190 Å². The summed E-state index contributed by atoms with van der Waals surface area (Å²) in [5.41, 5.74) is 17.5. The molecule has 15 atom stereocenters. The fourth-order valence-corrected chi connectivity index (χ4v) is 12.3. The number of phosphoric ester groups is 2. The number of imidazole rings is 3. The highest BCUT2D eigenvalue weighted by molar-refractivity contribution is 8.07. The first-order valence-electron chi connectivity index (χ1n) is 22.2. The van der Waals surface area contributed by atoms with Crippen LogP contribution in [0.25, 0.3) is 33.5 Å². The number of nitrogens with two attached hydrogens (primary N) is 3. The van der Waals surface area contributed by atoms with Crippen LogP contribution in [0.15, 0.2) is 38.0 Å². The van der Waals surface area contributed by atoms with Gasteiger partial charge in [0.2, 0.25) is 0 Å². The Labute approximate surface area is 420 Å². The summed E-state index contributed by atoms with van der Waals surface area (Å²) >= 11 is 5.48. The molecule has 4 aliphatic heterocycles. The molecule has 0 aromatic carbocycles. The second-order valence-electron chi connectivity index (χ2n) is 17.0. The zero-order valence-electron chi connectivity index (χ0n) is 38.3. The molecule has 0 spiro atoms. The van der Waals surface area contributed by atoms with E-state index in [1.54, 1.807) is 0 Å². The minimum Gasteiger partial charge on any atom is -0.394 e. The van der Waals surface area contributed by atoms with Crippen molar-refractivity contribution in [3.05, 3.63) is 38.0 Å². The number of aliphatic hydroxyl groups excluding tert-OH is 3. The number of anilines is 3. The summed E-state index contributed by atoms with van der Waals surface area (Å²) in [6.45, 7) is -7.50. The van der Waals surface area contributed by atoms with Gasteiger partial charge in [-0.05, 0) is 24.6 Å². The van der Waals surface area contributed by atoms with Crippen molar-refractivity contribution in [3.8, 4) is 0 Å². The number of nitrogens with zero attached hydrogens (tertiary/aromatic N) is 12. The van der Waals surface area contributed by atoms with Gasteiger partial charge in [-0.2, -0.15) is 0 Å². The minimum absolute atomic E-state index is 0.0102. The maximum absolute atomic E-state index is 14.1. The molecule has 74 heavy (non-hydrogen) atoms. The lowest BCUT2D eigenvalue weighted by atomic mass is 9.89. The van der Waals surface area contributed by atoms with Crippen LogP contribution in [0.5, 0.6) is 0 Å². The van der Waals surface area contributed by atoms with E-state index in [2.05, 4.69) is 44.9 Å². The molecule has 12 N–H and O–H groups in total. The molecule has 402 valence electrons. The summed E-state index contributed by atoms with van der Waals surface area (Å²) in [4.78, 5) is 70.6. The van der Waals surface area contributed by atoms with Crippen LogP contribution in [0.4, 0.5) is 17.5 Å². The van der Waals surface area contributed by atoms with Crippen molar-refractivity contribution in [2.75, 3.05) is 64.0 Å².